The Morgan fingerprint density at radius 1 is 1.44 bits per heavy atom. The molecule has 1 unspecified atom stereocenters. The summed E-state index contributed by atoms with van der Waals surface area (Å²) in [4.78, 5) is 1.45. The van der Waals surface area contributed by atoms with Gasteiger partial charge in [0.2, 0.25) is 0 Å². The number of thiophene rings is 1. The van der Waals surface area contributed by atoms with Crippen molar-refractivity contribution in [2.45, 2.75) is 32.2 Å². The van der Waals surface area contributed by atoms with Gasteiger partial charge in [-0.05, 0) is 43.3 Å². The van der Waals surface area contributed by atoms with E-state index in [4.69, 9.17) is 0 Å². The Morgan fingerprint density at radius 3 is 2.94 bits per heavy atom. The number of aromatic nitrogens is 2. The monoisotopic (exact) mass is 263 g/mol. The second-order valence-corrected chi connectivity index (χ2v) is 5.57. The van der Waals surface area contributed by atoms with Crippen molar-refractivity contribution in [1.82, 2.24) is 15.1 Å². The van der Waals surface area contributed by atoms with Gasteiger partial charge in [-0.2, -0.15) is 5.10 Å². The van der Waals surface area contributed by atoms with Crippen LogP contribution in [0.15, 0.2) is 29.8 Å². The van der Waals surface area contributed by atoms with E-state index < -0.39 is 0 Å². The molecule has 0 saturated carbocycles. The van der Waals surface area contributed by atoms with Crippen molar-refractivity contribution in [3.8, 4) is 0 Å². The van der Waals surface area contributed by atoms with Crippen molar-refractivity contribution >= 4 is 11.3 Å². The van der Waals surface area contributed by atoms with Crippen molar-refractivity contribution in [3.05, 3.63) is 40.3 Å². The molecular formula is C14H21N3S. The van der Waals surface area contributed by atoms with Crippen LogP contribution in [0.4, 0.5) is 0 Å². The summed E-state index contributed by atoms with van der Waals surface area (Å²) in [6, 6.07) is 6.81. The van der Waals surface area contributed by atoms with Gasteiger partial charge in [-0.25, -0.2) is 0 Å². The predicted octanol–water partition coefficient (Wildman–Crippen LogP) is 3.16. The first kappa shape index (κ1) is 13.3. The molecule has 1 atom stereocenters. The summed E-state index contributed by atoms with van der Waals surface area (Å²) < 4.78 is 1.88. The van der Waals surface area contributed by atoms with E-state index >= 15 is 0 Å². The fourth-order valence-electron chi connectivity index (χ4n) is 2.03. The van der Waals surface area contributed by atoms with Gasteiger partial charge in [0, 0.05) is 18.1 Å². The molecule has 0 saturated heterocycles. The highest BCUT2D eigenvalue weighted by Gasteiger charge is 2.13. The molecule has 4 heteroatoms. The fourth-order valence-corrected chi connectivity index (χ4v) is 2.76. The fraction of sp³-hybridized carbons (Fsp3) is 0.500. The Hall–Kier alpha value is -1.13. The maximum Gasteiger partial charge on any atom is 0.0793 e. The van der Waals surface area contributed by atoms with Gasteiger partial charge in [-0.15, -0.1) is 11.3 Å². The predicted molar refractivity (Wildman–Crippen MR) is 76.9 cm³/mol. The second-order valence-electron chi connectivity index (χ2n) is 4.54. The minimum atomic E-state index is 0.369. The lowest BCUT2D eigenvalue weighted by Gasteiger charge is -2.15. The van der Waals surface area contributed by atoms with Gasteiger partial charge in [-0.3, -0.25) is 4.68 Å². The van der Waals surface area contributed by atoms with Crippen molar-refractivity contribution in [3.63, 3.8) is 0 Å². The molecule has 98 valence electrons. The van der Waals surface area contributed by atoms with Gasteiger partial charge in [0.15, 0.2) is 0 Å². The van der Waals surface area contributed by atoms with Gasteiger partial charge in [0.1, 0.15) is 0 Å². The lowest BCUT2D eigenvalue weighted by atomic mass is 10.1. The number of nitrogens with zero attached hydrogens (tertiary/aromatic N) is 2. The summed E-state index contributed by atoms with van der Waals surface area (Å²) in [6.45, 7) is 3.24. The highest BCUT2D eigenvalue weighted by atomic mass is 32.1. The molecule has 2 heterocycles. The second kappa shape index (κ2) is 6.71. The summed E-state index contributed by atoms with van der Waals surface area (Å²) in [5, 5.41) is 10.3. The van der Waals surface area contributed by atoms with E-state index in [1.165, 1.54) is 4.88 Å². The Morgan fingerprint density at radius 2 is 2.33 bits per heavy atom. The van der Waals surface area contributed by atoms with Gasteiger partial charge in [0.25, 0.3) is 0 Å². The minimum Gasteiger partial charge on any atom is -0.309 e. The third-order valence-electron chi connectivity index (χ3n) is 2.99. The van der Waals surface area contributed by atoms with Crippen LogP contribution >= 0.6 is 11.3 Å². The number of hydrogen-bond acceptors (Lipinski definition) is 3. The maximum absolute atomic E-state index is 4.52. The van der Waals surface area contributed by atoms with Gasteiger partial charge >= 0.3 is 0 Å². The SMILES string of the molecule is CCCNC(CCc1cccs1)c1ccn(C)n1. The normalized spacial score (nSPS) is 12.8. The van der Waals surface area contributed by atoms with Crippen molar-refractivity contribution in [2.24, 2.45) is 7.05 Å². The first-order chi connectivity index (χ1) is 8.79. The van der Waals surface area contributed by atoms with Gasteiger partial charge < -0.3 is 5.32 Å². The number of aryl methyl sites for hydroxylation is 2. The number of rotatable bonds is 7. The van der Waals surface area contributed by atoms with Crippen molar-refractivity contribution in [1.29, 1.82) is 0 Å². The van der Waals surface area contributed by atoms with E-state index in [-0.39, 0.29) is 0 Å². The summed E-state index contributed by atoms with van der Waals surface area (Å²) in [5.74, 6) is 0. The first-order valence-electron chi connectivity index (χ1n) is 6.55. The molecule has 1 N–H and O–H groups in total. The van der Waals surface area contributed by atoms with Crippen LogP contribution in [0.25, 0.3) is 0 Å². The molecule has 2 aromatic heterocycles. The first-order valence-corrected chi connectivity index (χ1v) is 7.43. The molecule has 0 aliphatic rings. The number of nitrogens with one attached hydrogen (secondary N) is 1. The molecule has 2 rings (SSSR count). The summed E-state index contributed by atoms with van der Waals surface area (Å²) in [7, 11) is 1.97. The molecular weight excluding hydrogens is 242 g/mol. The largest absolute Gasteiger partial charge is 0.309 e. The molecule has 0 aliphatic heterocycles. The van der Waals surface area contributed by atoms with E-state index in [0.717, 1.165) is 31.5 Å². The quantitative estimate of drug-likeness (QED) is 0.831. The third-order valence-corrected chi connectivity index (χ3v) is 3.93. The summed E-state index contributed by atoms with van der Waals surface area (Å²) in [6.07, 6.45) is 5.40. The van der Waals surface area contributed by atoms with E-state index in [9.17, 15) is 0 Å². The zero-order valence-electron chi connectivity index (χ0n) is 11.1. The standard InChI is InChI=1S/C14H21N3S/c1-3-9-15-13(14-8-10-17(2)16-14)7-6-12-5-4-11-18-12/h4-5,8,10-11,13,15H,3,6-7,9H2,1-2H3. The number of hydrogen-bond donors (Lipinski definition) is 1. The zero-order valence-corrected chi connectivity index (χ0v) is 11.9. The van der Waals surface area contributed by atoms with Crippen LogP contribution < -0.4 is 5.32 Å². The van der Waals surface area contributed by atoms with E-state index in [1.807, 2.05) is 29.3 Å². The lowest BCUT2D eigenvalue weighted by Crippen LogP contribution is -2.23. The van der Waals surface area contributed by atoms with Gasteiger partial charge in [-0.1, -0.05) is 13.0 Å². The van der Waals surface area contributed by atoms with Crippen LogP contribution in [0.1, 0.15) is 36.4 Å². The Labute approximate surface area is 113 Å². The molecule has 2 aromatic rings. The van der Waals surface area contributed by atoms with Crippen LogP contribution in [0.2, 0.25) is 0 Å². The topological polar surface area (TPSA) is 29.9 Å². The van der Waals surface area contributed by atoms with Crippen LogP contribution in [-0.4, -0.2) is 16.3 Å². The average Bonchev–Trinajstić information content (AvgIpc) is 3.01. The lowest BCUT2D eigenvalue weighted by molar-refractivity contribution is 0.484. The third kappa shape index (κ3) is 3.68. The van der Waals surface area contributed by atoms with E-state index in [0.29, 0.717) is 6.04 Å². The van der Waals surface area contributed by atoms with Crippen LogP contribution in [0.3, 0.4) is 0 Å². The molecule has 0 spiro atoms. The molecule has 0 aliphatic carbocycles. The smallest absolute Gasteiger partial charge is 0.0793 e. The molecule has 0 bridgehead atoms. The molecule has 18 heavy (non-hydrogen) atoms. The Kier molecular flexibility index (Phi) is 4.96. The summed E-state index contributed by atoms with van der Waals surface area (Å²) >= 11 is 1.84. The maximum atomic E-state index is 4.52. The van der Waals surface area contributed by atoms with E-state index in [1.54, 1.807) is 0 Å². The van der Waals surface area contributed by atoms with Gasteiger partial charge in [0.05, 0.1) is 11.7 Å². The Balaban J connectivity index is 1.96. The molecule has 0 fully saturated rings. The van der Waals surface area contributed by atoms with Crippen LogP contribution in [0.5, 0.6) is 0 Å². The Bertz CT molecular complexity index is 447. The highest BCUT2D eigenvalue weighted by Crippen LogP contribution is 2.19. The molecule has 0 aromatic carbocycles. The summed E-state index contributed by atoms with van der Waals surface area (Å²) in [5.41, 5.74) is 1.16. The van der Waals surface area contributed by atoms with Crippen LogP contribution in [0, 0.1) is 0 Å². The zero-order chi connectivity index (χ0) is 12.8. The molecule has 3 nitrogen and oxygen atoms in total. The molecule has 0 radical (unpaired) electrons. The van der Waals surface area contributed by atoms with Crippen LogP contribution in [-0.2, 0) is 13.5 Å². The molecule has 0 amide bonds. The van der Waals surface area contributed by atoms with Crippen molar-refractivity contribution in [2.75, 3.05) is 6.54 Å². The van der Waals surface area contributed by atoms with Crippen molar-refractivity contribution < 1.29 is 0 Å². The average molecular weight is 263 g/mol. The highest BCUT2D eigenvalue weighted by molar-refractivity contribution is 7.09. The van der Waals surface area contributed by atoms with E-state index in [2.05, 4.69) is 40.9 Å². The minimum absolute atomic E-state index is 0.369.